The number of esters is 1. The van der Waals surface area contributed by atoms with E-state index in [-0.39, 0.29) is 46.8 Å². The molecule has 2 heterocycles. The van der Waals surface area contributed by atoms with Crippen LogP contribution in [0.4, 0.5) is 14.5 Å². The number of hydrogen-bond acceptors (Lipinski definition) is 7. The minimum atomic E-state index is -1.34. The molecule has 49 heavy (non-hydrogen) atoms. The number of nitrogens with zero attached hydrogens (tertiary/aromatic N) is 3. The Labute approximate surface area is 283 Å². The van der Waals surface area contributed by atoms with Crippen molar-refractivity contribution in [2.45, 2.75) is 65.0 Å². The van der Waals surface area contributed by atoms with Gasteiger partial charge in [0.2, 0.25) is 5.43 Å². The third-order valence-corrected chi connectivity index (χ3v) is 10.1. The molecule has 2 aliphatic rings. The number of fused-ring (bicyclic) bond motifs is 1. The molecule has 1 unspecified atom stereocenters. The van der Waals surface area contributed by atoms with E-state index in [2.05, 4.69) is 0 Å². The molecular weight excluding hydrogens is 632 g/mol. The van der Waals surface area contributed by atoms with Crippen LogP contribution >= 0.6 is 0 Å². The highest BCUT2D eigenvalue weighted by Gasteiger charge is 2.37. The van der Waals surface area contributed by atoms with Gasteiger partial charge in [0.25, 0.3) is 0 Å². The predicted molar refractivity (Wildman–Crippen MR) is 184 cm³/mol. The predicted octanol–water partition coefficient (Wildman–Crippen LogP) is 6.59. The van der Waals surface area contributed by atoms with Crippen molar-refractivity contribution >= 4 is 28.5 Å². The SMILES string of the molecule is COc1c(N2CCN(COC(=O)C(C)(C)c3ccc(-c4ccccc4)c(F)c3)C(C)C2)c(F)c(C)c2c(=O)c(C(=O)O)c(C)n(C3CC3)c12. The summed E-state index contributed by atoms with van der Waals surface area (Å²) in [4.78, 5) is 42.8. The first-order chi connectivity index (χ1) is 23.3. The highest BCUT2D eigenvalue weighted by atomic mass is 19.1. The maximum Gasteiger partial charge on any atom is 0.341 e. The van der Waals surface area contributed by atoms with Gasteiger partial charge < -0.3 is 24.0 Å². The summed E-state index contributed by atoms with van der Waals surface area (Å²) < 4.78 is 44.9. The van der Waals surface area contributed by atoms with Gasteiger partial charge in [-0.05, 0) is 64.7 Å². The molecule has 258 valence electrons. The number of ether oxygens (including phenoxy) is 2. The largest absolute Gasteiger partial charge is 0.492 e. The van der Waals surface area contributed by atoms with Gasteiger partial charge in [-0.1, -0.05) is 42.5 Å². The van der Waals surface area contributed by atoms with Crippen molar-refractivity contribution in [2.75, 3.05) is 38.4 Å². The third-order valence-electron chi connectivity index (χ3n) is 10.1. The highest BCUT2D eigenvalue weighted by Crippen LogP contribution is 2.46. The van der Waals surface area contributed by atoms with Crippen molar-refractivity contribution in [3.8, 4) is 16.9 Å². The molecule has 2 fully saturated rings. The van der Waals surface area contributed by atoms with E-state index in [1.54, 1.807) is 32.9 Å². The fourth-order valence-corrected chi connectivity index (χ4v) is 6.98. The maximum absolute atomic E-state index is 16.3. The van der Waals surface area contributed by atoms with Crippen LogP contribution in [0.3, 0.4) is 0 Å². The van der Waals surface area contributed by atoms with Crippen LogP contribution in [-0.2, 0) is 14.9 Å². The zero-order valence-corrected chi connectivity index (χ0v) is 28.6. The van der Waals surface area contributed by atoms with E-state index < -0.39 is 34.4 Å². The average molecular weight is 674 g/mol. The minimum Gasteiger partial charge on any atom is -0.492 e. The van der Waals surface area contributed by atoms with Crippen LogP contribution in [0.1, 0.15) is 66.8 Å². The van der Waals surface area contributed by atoms with Gasteiger partial charge >= 0.3 is 11.9 Å². The summed E-state index contributed by atoms with van der Waals surface area (Å²) in [5.41, 5.74) is 0.519. The number of aromatic carboxylic acids is 1. The average Bonchev–Trinajstić information content (AvgIpc) is 3.91. The van der Waals surface area contributed by atoms with Crippen LogP contribution in [0.15, 0.2) is 53.3 Å². The van der Waals surface area contributed by atoms with Crippen molar-refractivity contribution in [3.63, 3.8) is 0 Å². The number of anilines is 1. The molecule has 0 amide bonds. The summed E-state index contributed by atoms with van der Waals surface area (Å²) >= 11 is 0. The fourth-order valence-electron chi connectivity index (χ4n) is 6.98. The monoisotopic (exact) mass is 673 g/mol. The van der Waals surface area contributed by atoms with Crippen LogP contribution < -0.4 is 15.1 Å². The molecule has 1 aliphatic heterocycles. The molecule has 0 radical (unpaired) electrons. The zero-order chi connectivity index (χ0) is 35.4. The van der Waals surface area contributed by atoms with Gasteiger partial charge in [0, 0.05) is 48.5 Å². The first kappa shape index (κ1) is 34.1. The molecule has 1 N–H and O–H groups in total. The number of methoxy groups -OCH3 is 1. The van der Waals surface area contributed by atoms with Gasteiger partial charge in [0.1, 0.15) is 23.8 Å². The molecule has 1 atom stereocenters. The number of carboxylic acid groups (broad SMARTS) is 1. The van der Waals surface area contributed by atoms with Gasteiger partial charge in [-0.25, -0.2) is 13.6 Å². The highest BCUT2D eigenvalue weighted by molar-refractivity contribution is 6.00. The molecule has 6 rings (SSSR count). The van der Waals surface area contributed by atoms with Gasteiger partial charge in [-0.2, -0.15) is 0 Å². The van der Waals surface area contributed by atoms with E-state index in [0.717, 1.165) is 18.4 Å². The number of benzene rings is 3. The number of carbonyl (C=O) groups is 2. The maximum atomic E-state index is 16.3. The van der Waals surface area contributed by atoms with Crippen LogP contribution in [0, 0.1) is 25.5 Å². The number of pyridine rings is 1. The lowest BCUT2D eigenvalue weighted by Gasteiger charge is -2.41. The van der Waals surface area contributed by atoms with E-state index in [1.165, 1.54) is 20.1 Å². The van der Waals surface area contributed by atoms with E-state index in [9.17, 15) is 19.5 Å². The number of halogens is 2. The summed E-state index contributed by atoms with van der Waals surface area (Å²) in [6.07, 6.45) is 1.62. The summed E-state index contributed by atoms with van der Waals surface area (Å²) in [7, 11) is 1.43. The first-order valence-corrected chi connectivity index (χ1v) is 16.5. The van der Waals surface area contributed by atoms with Crippen molar-refractivity contribution in [2.24, 2.45) is 0 Å². The summed E-state index contributed by atoms with van der Waals surface area (Å²) in [5.74, 6) is -2.71. The Morgan fingerprint density at radius 2 is 1.73 bits per heavy atom. The molecule has 0 bridgehead atoms. The second kappa shape index (κ2) is 12.9. The lowest BCUT2D eigenvalue weighted by molar-refractivity contribution is -0.155. The van der Waals surface area contributed by atoms with Crippen molar-refractivity contribution in [3.05, 3.63) is 92.8 Å². The number of piperazine rings is 1. The topological polar surface area (TPSA) is 101 Å². The Bertz CT molecular complexity index is 2020. The molecule has 1 aromatic heterocycles. The molecule has 1 saturated heterocycles. The van der Waals surface area contributed by atoms with Gasteiger partial charge in [0.05, 0.1) is 23.4 Å². The number of carbonyl (C=O) groups excluding carboxylic acids is 1. The van der Waals surface area contributed by atoms with E-state index in [4.69, 9.17) is 9.47 Å². The number of aromatic nitrogens is 1. The van der Waals surface area contributed by atoms with Crippen molar-refractivity contribution < 1.29 is 33.0 Å². The molecule has 9 nitrogen and oxygen atoms in total. The van der Waals surface area contributed by atoms with E-state index in [1.807, 2.05) is 51.6 Å². The Morgan fingerprint density at radius 1 is 1.04 bits per heavy atom. The van der Waals surface area contributed by atoms with Crippen LogP contribution in [0.5, 0.6) is 5.75 Å². The Balaban J connectivity index is 1.22. The molecule has 0 spiro atoms. The standard InChI is InChI=1S/C38H41F2N3O6/c1-21-19-41(33-31(40)22(2)29-32(35(33)48-6)43(26-13-14-26)23(3)30(34(29)44)36(45)46)16-17-42(21)20-49-37(47)38(4,5)25-12-15-27(28(39)18-25)24-10-8-7-9-11-24/h7-12,15,18,21,26H,13-14,16-17,19-20H2,1-6H3,(H,45,46). The third kappa shape index (κ3) is 5.94. The quantitative estimate of drug-likeness (QED) is 0.199. The van der Waals surface area contributed by atoms with E-state index >= 15 is 8.78 Å². The first-order valence-electron chi connectivity index (χ1n) is 16.5. The lowest BCUT2D eigenvalue weighted by atomic mass is 9.84. The second-order valence-electron chi connectivity index (χ2n) is 13.6. The zero-order valence-electron chi connectivity index (χ0n) is 28.6. The molecule has 11 heteroatoms. The summed E-state index contributed by atoms with van der Waals surface area (Å²) in [6, 6.07) is 13.8. The number of hydrogen-bond donors (Lipinski definition) is 1. The van der Waals surface area contributed by atoms with Crippen molar-refractivity contribution in [1.82, 2.24) is 9.47 Å². The Hall–Kier alpha value is -4.77. The molecular formula is C38H41F2N3O6. The van der Waals surface area contributed by atoms with Crippen LogP contribution in [0.2, 0.25) is 0 Å². The Morgan fingerprint density at radius 3 is 2.33 bits per heavy atom. The lowest BCUT2D eigenvalue weighted by Crippen LogP contribution is -2.53. The minimum absolute atomic E-state index is 0.00338. The molecule has 1 aliphatic carbocycles. The van der Waals surface area contributed by atoms with Gasteiger partial charge in [-0.3, -0.25) is 14.5 Å². The number of rotatable bonds is 9. The summed E-state index contributed by atoms with van der Waals surface area (Å²) in [6.45, 7) is 9.63. The van der Waals surface area contributed by atoms with E-state index in [0.29, 0.717) is 42.0 Å². The number of carboxylic acids is 1. The van der Waals surface area contributed by atoms with Crippen LogP contribution in [-0.4, -0.2) is 66.0 Å². The normalized spacial score (nSPS) is 17.0. The Kier molecular flexibility index (Phi) is 9.00. The second-order valence-corrected chi connectivity index (χ2v) is 13.6. The number of aryl methyl sites for hydroxylation is 1. The van der Waals surface area contributed by atoms with Crippen LogP contribution in [0.25, 0.3) is 22.0 Å². The fraction of sp³-hybridized carbons (Fsp3) is 0.395. The van der Waals surface area contributed by atoms with Gasteiger partial charge in [-0.15, -0.1) is 0 Å². The molecule has 3 aromatic carbocycles. The molecule has 4 aromatic rings. The van der Waals surface area contributed by atoms with Gasteiger partial charge in [0.15, 0.2) is 11.6 Å². The molecule has 1 saturated carbocycles. The smallest absolute Gasteiger partial charge is 0.341 e. The summed E-state index contributed by atoms with van der Waals surface area (Å²) in [5, 5.41) is 9.89. The van der Waals surface area contributed by atoms with Crippen molar-refractivity contribution in [1.29, 1.82) is 0 Å².